The van der Waals surface area contributed by atoms with Gasteiger partial charge in [-0.25, -0.2) is 0 Å². The van der Waals surface area contributed by atoms with Gasteiger partial charge in [0.1, 0.15) is 0 Å². The van der Waals surface area contributed by atoms with Crippen LogP contribution in [0.25, 0.3) is 0 Å². The van der Waals surface area contributed by atoms with Gasteiger partial charge in [0.2, 0.25) is 5.24 Å². The maximum absolute atomic E-state index is 9.45. The second-order valence-corrected chi connectivity index (χ2v) is 1.66. The van der Waals surface area contributed by atoms with E-state index in [2.05, 4.69) is 22.8 Å². The van der Waals surface area contributed by atoms with Crippen molar-refractivity contribution in [3.63, 3.8) is 0 Å². The maximum atomic E-state index is 9.45. The lowest BCUT2D eigenvalue weighted by atomic mass is 10.8. The number of nitrogens with two attached hydrogens (primary N) is 1. The van der Waals surface area contributed by atoms with E-state index in [1.165, 1.54) is 0 Å². The molecule has 0 saturated heterocycles. The second-order valence-electron chi connectivity index (χ2n) is 0.977. The van der Waals surface area contributed by atoms with Crippen molar-refractivity contribution >= 4 is 29.8 Å². The van der Waals surface area contributed by atoms with Gasteiger partial charge >= 0.3 is 0 Å². The maximum Gasteiger partial charge on any atom is 0.235 e. The Morgan fingerprint density at radius 3 is 2.11 bits per heavy atom. The summed E-state index contributed by atoms with van der Waals surface area (Å²) in [6.07, 6.45) is 0. The van der Waals surface area contributed by atoms with Gasteiger partial charge in [0.05, 0.1) is 13.2 Å². The molecule has 0 saturated carbocycles. The van der Waals surface area contributed by atoms with Gasteiger partial charge in [0.25, 0.3) is 0 Å². The number of thiol groups is 1. The first kappa shape index (κ1) is 12.0. The van der Waals surface area contributed by atoms with E-state index in [4.69, 9.17) is 11.6 Å². The van der Waals surface area contributed by atoms with Gasteiger partial charge in [-0.3, -0.25) is 4.79 Å². The zero-order valence-electron chi connectivity index (χ0n) is 5.13. The molecule has 2 N–H and O–H groups in total. The van der Waals surface area contributed by atoms with Crippen LogP contribution in [0.1, 0.15) is 6.92 Å². The van der Waals surface area contributed by atoms with E-state index in [0.29, 0.717) is 6.61 Å². The SMILES string of the molecule is CCOS.NCC(=O)Cl. The molecule has 0 fully saturated rings. The first-order chi connectivity index (χ1) is 4.18. The van der Waals surface area contributed by atoms with Crippen molar-refractivity contribution in [1.29, 1.82) is 0 Å². The van der Waals surface area contributed by atoms with Crippen LogP contribution in [-0.4, -0.2) is 18.4 Å². The van der Waals surface area contributed by atoms with Crippen LogP contribution in [-0.2, 0) is 8.98 Å². The summed E-state index contributed by atoms with van der Waals surface area (Å²) in [6.45, 7) is 2.50. The molecule has 0 unspecified atom stereocenters. The topological polar surface area (TPSA) is 52.3 Å². The standard InChI is InChI=1S/C2H4ClNO.C2H6OS/c3-2(5)1-4;1-2-3-4/h1,4H2;4H,2H2,1H3. The molecule has 5 heteroatoms. The third-order valence-corrected chi connectivity index (χ3v) is 0.702. The smallest absolute Gasteiger partial charge is 0.235 e. The van der Waals surface area contributed by atoms with E-state index in [1.807, 2.05) is 6.92 Å². The van der Waals surface area contributed by atoms with Gasteiger partial charge in [0, 0.05) is 0 Å². The normalized spacial score (nSPS) is 7.56. The molecule has 0 atom stereocenters. The Labute approximate surface area is 65.1 Å². The monoisotopic (exact) mass is 171 g/mol. The third-order valence-electron chi connectivity index (χ3n) is 0.290. The largest absolute Gasteiger partial charge is 0.323 e. The molecule has 0 spiro atoms. The Hall–Kier alpha value is 0.230. The first-order valence-electron chi connectivity index (χ1n) is 2.33. The predicted octanol–water partition coefficient (Wildman–Crippen LogP) is 0.578. The lowest BCUT2D eigenvalue weighted by Crippen LogP contribution is -2.05. The van der Waals surface area contributed by atoms with Gasteiger partial charge in [0.15, 0.2) is 0 Å². The van der Waals surface area contributed by atoms with Crippen molar-refractivity contribution in [1.82, 2.24) is 0 Å². The van der Waals surface area contributed by atoms with E-state index in [9.17, 15) is 4.79 Å². The molecule has 0 amide bonds. The molecule has 0 radical (unpaired) electrons. The van der Waals surface area contributed by atoms with E-state index in [-0.39, 0.29) is 6.54 Å². The van der Waals surface area contributed by atoms with E-state index in [1.54, 1.807) is 0 Å². The van der Waals surface area contributed by atoms with Gasteiger partial charge in [-0.1, -0.05) is 0 Å². The third kappa shape index (κ3) is 30.6. The molecule has 0 aliphatic carbocycles. The van der Waals surface area contributed by atoms with Crippen molar-refractivity contribution in [2.75, 3.05) is 13.2 Å². The number of carbonyl (C=O) groups is 1. The highest BCUT2D eigenvalue weighted by molar-refractivity contribution is 7.75. The average Bonchev–Trinajstić information content (AvgIpc) is 1.89. The predicted molar refractivity (Wildman–Crippen MR) is 40.5 cm³/mol. The molecule has 3 nitrogen and oxygen atoms in total. The highest BCUT2D eigenvalue weighted by atomic mass is 35.5. The van der Waals surface area contributed by atoms with Crippen LogP contribution in [0.15, 0.2) is 0 Å². The van der Waals surface area contributed by atoms with Crippen LogP contribution in [0.5, 0.6) is 0 Å². The molecule has 0 aromatic rings. The fraction of sp³-hybridized carbons (Fsp3) is 0.750. The molecule has 0 bridgehead atoms. The van der Waals surface area contributed by atoms with Crippen LogP contribution >= 0.6 is 24.5 Å². The van der Waals surface area contributed by atoms with Crippen molar-refractivity contribution < 1.29 is 8.98 Å². The fourth-order valence-electron chi connectivity index (χ4n) is 0. The molecular weight excluding hydrogens is 162 g/mol. The number of rotatable bonds is 2. The summed E-state index contributed by atoms with van der Waals surface area (Å²) in [5.74, 6) is 0. The number of hydrogen-bond donors (Lipinski definition) is 2. The quantitative estimate of drug-likeness (QED) is 0.363. The van der Waals surface area contributed by atoms with E-state index in [0.717, 1.165) is 0 Å². The minimum absolute atomic E-state index is 0.0679. The molecule has 0 heterocycles. The summed E-state index contributed by atoms with van der Waals surface area (Å²) >= 11 is 8.12. The highest BCUT2D eigenvalue weighted by Crippen LogP contribution is 1.69. The molecule has 0 rings (SSSR count). The highest BCUT2D eigenvalue weighted by Gasteiger charge is 1.81. The summed E-state index contributed by atoms with van der Waals surface area (Å²) in [5, 5.41) is -0.495. The summed E-state index contributed by atoms with van der Waals surface area (Å²) in [6, 6.07) is 0. The van der Waals surface area contributed by atoms with Crippen LogP contribution in [0.2, 0.25) is 0 Å². The number of carbonyl (C=O) groups excluding carboxylic acids is 1. The van der Waals surface area contributed by atoms with Crippen molar-refractivity contribution in [2.45, 2.75) is 6.92 Å². The molecule has 0 aliphatic rings. The molecule has 9 heavy (non-hydrogen) atoms. The van der Waals surface area contributed by atoms with Crippen molar-refractivity contribution in [3.8, 4) is 0 Å². The second kappa shape index (κ2) is 11.1. The zero-order chi connectivity index (χ0) is 7.70. The summed E-state index contributed by atoms with van der Waals surface area (Å²) < 4.78 is 4.24. The number of hydrogen-bond acceptors (Lipinski definition) is 4. The van der Waals surface area contributed by atoms with Gasteiger partial charge in [-0.05, 0) is 31.4 Å². The number of halogens is 1. The van der Waals surface area contributed by atoms with Crippen LogP contribution in [0.3, 0.4) is 0 Å². The summed E-state index contributed by atoms with van der Waals surface area (Å²) in [5.41, 5.74) is 4.69. The first-order valence-corrected chi connectivity index (χ1v) is 3.08. The van der Waals surface area contributed by atoms with Crippen LogP contribution < -0.4 is 5.73 Å². The minimum atomic E-state index is -0.495. The Morgan fingerprint density at radius 2 is 2.11 bits per heavy atom. The minimum Gasteiger partial charge on any atom is -0.323 e. The Balaban J connectivity index is 0. The summed E-state index contributed by atoms with van der Waals surface area (Å²) in [4.78, 5) is 9.45. The lowest BCUT2D eigenvalue weighted by molar-refractivity contribution is -0.110. The lowest BCUT2D eigenvalue weighted by Gasteiger charge is -1.73. The van der Waals surface area contributed by atoms with Gasteiger partial charge in [-0.15, -0.1) is 0 Å². The van der Waals surface area contributed by atoms with Gasteiger partial charge in [-0.2, -0.15) is 0 Å². The van der Waals surface area contributed by atoms with Crippen molar-refractivity contribution in [2.24, 2.45) is 5.73 Å². The molecule has 0 aliphatic heterocycles. The zero-order valence-corrected chi connectivity index (χ0v) is 6.78. The fourth-order valence-corrected chi connectivity index (χ4v) is 0. The average molecular weight is 172 g/mol. The Morgan fingerprint density at radius 1 is 1.89 bits per heavy atom. The Bertz CT molecular complexity index is 69.6. The molecule has 56 valence electrons. The van der Waals surface area contributed by atoms with Gasteiger partial charge < -0.3 is 9.92 Å². The Kier molecular flexibility index (Phi) is 14.7. The van der Waals surface area contributed by atoms with E-state index < -0.39 is 5.24 Å². The summed E-state index contributed by atoms with van der Waals surface area (Å²) in [7, 11) is 0. The molecule has 0 aromatic heterocycles. The molecular formula is C4H10ClNO2S. The van der Waals surface area contributed by atoms with Crippen LogP contribution in [0, 0.1) is 0 Å². The van der Waals surface area contributed by atoms with Crippen molar-refractivity contribution in [3.05, 3.63) is 0 Å². The molecule has 0 aromatic carbocycles. The van der Waals surface area contributed by atoms with Crippen LogP contribution in [0.4, 0.5) is 0 Å². The van der Waals surface area contributed by atoms with E-state index >= 15 is 0 Å².